The molecule has 2 rings (SSSR count). The fourth-order valence-corrected chi connectivity index (χ4v) is 1.85. The summed E-state index contributed by atoms with van der Waals surface area (Å²) in [4.78, 5) is 12.5. The largest absolute Gasteiger partial charge is 0.529 e. The topological polar surface area (TPSA) is 43.4 Å². The lowest BCUT2D eigenvalue weighted by molar-refractivity contribution is -0.245. The summed E-state index contributed by atoms with van der Waals surface area (Å²) in [6.45, 7) is 2.03. The molecule has 0 aliphatic rings. The molecule has 92 valence electrons. The maximum atomic E-state index is 11.3. The van der Waals surface area contributed by atoms with Gasteiger partial charge in [0, 0.05) is 11.4 Å². The van der Waals surface area contributed by atoms with E-state index in [4.69, 9.17) is 0 Å². The molecule has 0 unspecified atom stereocenters. The van der Waals surface area contributed by atoms with Crippen LogP contribution in [0.2, 0.25) is 0 Å². The molecule has 0 atom stereocenters. The van der Waals surface area contributed by atoms with Crippen LogP contribution in [0, 0.1) is 0 Å². The van der Waals surface area contributed by atoms with Crippen molar-refractivity contribution in [3.8, 4) is 0 Å². The maximum Gasteiger partial charge on any atom is 0.146 e. The molecule has 0 radical (unpaired) electrons. The Morgan fingerprint density at radius 2 is 1.72 bits per heavy atom. The smallest absolute Gasteiger partial charge is 0.146 e. The standard InChI is InChI=1S/C15H15NO2/c1-2-12-7-6-10-14(11-12)16(15(17)18)13-8-4-3-5-9-13/h3-11H,2H2,1H3,(H,17,18)/p-1. The van der Waals surface area contributed by atoms with Crippen LogP contribution in [0.25, 0.3) is 0 Å². The minimum Gasteiger partial charge on any atom is -0.529 e. The van der Waals surface area contributed by atoms with Gasteiger partial charge in [-0.25, -0.2) is 0 Å². The predicted octanol–water partition coefficient (Wildman–Crippen LogP) is 2.73. The molecule has 0 N–H and O–H groups in total. The Labute approximate surface area is 106 Å². The number of benzene rings is 2. The Balaban J connectivity index is 2.45. The molecule has 2 aromatic rings. The van der Waals surface area contributed by atoms with Gasteiger partial charge in [0.2, 0.25) is 0 Å². The predicted molar refractivity (Wildman–Crippen MR) is 69.8 cm³/mol. The fourth-order valence-electron chi connectivity index (χ4n) is 1.85. The van der Waals surface area contributed by atoms with E-state index in [0.29, 0.717) is 11.4 Å². The molecule has 0 bridgehead atoms. The van der Waals surface area contributed by atoms with Crippen LogP contribution in [0.15, 0.2) is 54.6 Å². The van der Waals surface area contributed by atoms with Crippen LogP contribution in [0.3, 0.4) is 0 Å². The van der Waals surface area contributed by atoms with Gasteiger partial charge in [-0.05, 0) is 36.2 Å². The lowest BCUT2D eigenvalue weighted by Gasteiger charge is -2.25. The zero-order chi connectivity index (χ0) is 13.0. The van der Waals surface area contributed by atoms with E-state index in [-0.39, 0.29) is 0 Å². The average molecular weight is 240 g/mol. The van der Waals surface area contributed by atoms with Gasteiger partial charge < -0.3 is 9.90 Å². The van der Waals surface area contributed by atoms with Crippen LogP contribution in [0.4, 0.5) is 16.2 Å². The fraction of sp³-hybridized carbons (Fsp3) is 0.133. The van der Waals surface area contributed by atoms with Gasteiger partial charge in [-0.15, -0.1) is 0 Å². The van der Waals surface area contributed by atoms with Crippen molar-refractivity contribution in [2.45, 2.75) is 13.3 Å². The highest BCUT2D eigenvalue weighted by Gasteiger charge is 2.10. The summed E-state index contributed by atoms with van der Waals surface area (Å²) in [6.07, 6.45) is -0.363. The zero-order valence-corrected chi connectivity index (χ0v) is 10.2. The lowest BCUT2D eigenvalue weighted by Crippen LogP contribution is -2.37. The van der Waals surface area contributed by atoms with E-state index < -0.39 is 6.09 Å². The Morgan fingerprint density at radius 3 is 2.33 bits per heavy atom. The first-order chi connectivity index (χ1) is 8.72. The summed E-state index contributed by atoms with van der Waals surface area (Å²) < 4.78 is 0. The van der Waals surface area contributed by atoms with E-state index >= 15 is 0 Å². The molecule has 0 aromatic heterocycles. The van der Waals surface area contributed by atoms with Gasteiger partial charge in [0.05, 0.1) is 0 Å². The number of hydrogen-bond donors (Lipinski definition) is 0. The number of rotatable bonds is 3. The first-order valence-corrected chi connectivity index (χ1v) is 5.87. The van der Waals surface area contributed by atoms with Crippen LogP contribution in [-0.4, -0.2) is 6.09 Å². The molecular weight excluding hydrogens is 226 g/mol. The number of para-hydroxylation sites is 1. The van der Waals surface area contributed by atoms with E-state index in [1.54, 1.807) is 30.3 Å². The molecular formula is C15H14NO2-. The summed E-state index contributed by atoms with van der Waals surface area (Å²) in [6, 6.07) is 16.4. The highest BCUT2D eigenvalue weighted by atomic mass is 16.4. The summed E-state index contributed by atoms with van der Waals surface area (Å²) >= 11 is 0. The van der Waals surface area contributed by atoms with Crippen LogP contribution in [0.1, 0.15) is 12.5 Å². The summed E-state index contributed by atoms with van der Waals surface area (Å²) in [5, 5.41) is 11.3. The Hall–Kier alpha value is -2.29. The van der Waals surface area contributed by atoms with Crippen molar-refractivity contribution in [3.05, 3.63) is 60.2 Å². The Kier molecular flexibility index (Phi) is 3.63. The molecule has 3 nitrogen and oxygen atoms in total. The highest BCUT2D eigenvalue weighted by Crippen LogP contribution is 2.25. The second-order valence-corrected chi connectivity index (χ2v) is 3.96. The van der Waals surface area contributed by atoms with Gasteiger partial charge in [-0.3, -0.25) is 4.90 Å². The second kappa shape index (κ2) is 5.36. The minimum atomic E-state index is -1.23. The van der Waals surface area contributed by atoms with Gasteiger partial charge in [0.25, 0.3) is 0 Å². The first-order valence-electron chi connectivity index (χ1n) is 5.87. The Morgan fingerprint density at radius 1 is 1.06 bits per heavy atom. The van der Waals surface area contributed by atoms with Crippen molar-refractivity contribution < 1.29 is 9.90 Å². The van der Waals surface area contributed by atoms with Crippen LogP contribution < -0.4 is 10.0 Å². The van der Waals surface area contributed by atoms with Crippen molar-refractivity contribution in [1.29, 1.82) is 0 Å². The zero-order valence-electron chi connectivity index (χ0n) is 10.2. The monoisotopic (exact) mass is 240 g/mol. The van der Waals surface area contributed by atoms with Crippen molar-refractivity contribution in [2.75, 3.05) is 4.90 Å². The molecule has 18 heavy (non-hydrogen) atoms. The normalized spacial score (nSPS) is 10.1. The number of carbonyl (C=O) groups excluding carboxylic acids is 1. The third kappa shape index (κ3) is 2.51. The highest BCUT2D eigenvalue weighted by molar-refractivity contribution is 5.93. The first kappa shape index (κ1) is 12.2. The van der Waals surface area contributed by atoms with Crippen molar-refractivity contribution in [1.82, 2.24) is 0 Å². The molecule has 0 spiro atoms. The minimum absolute atomic E-state index is 0.589. The molecule has 1 amide bonds. The molecule has 0 aliphatic heterocycles. The van der Waals surface area contributed by atoms with Crippen LogP contribution in [-0.2, 0) is 6.42 Å². The third-order valence-electron chi connectivity index (χ3n) is 2.77. The van der Waals surface area contributed by atoms with Gasteiger partial charge in [-0.1, -0.05) is 37.3 Å². The van der Waals surface area contributed by atoms with E-state index in [0.717, 1.165) is 12.0 Å². The molecule has 0 fully saturated rings. The number of anilines is 2. The molecule has 0 saturated heterocycles. The van der Waals surface area contributed by atoms with Gasteiger partial charge in [-0.2, -0.15) is 0 Å². The Bertz CT molecular complexity index is 537. The summed E-state index contributed by atoms with van der Waals surface area (Å²) in [7, 11) is 0. The number of aryl methyl sites for hydroxylation is 1. The van der Waals surface area contributed by atoms with E-state index in [1.807, 2.05) is 31.2 Å². The lowest BCUT2D eigenvalue weighted by atomic mass is 10.1. The number of carbonyl (C=O) groups is 1. The maximum absolute atomic E-state index is 11.3. The molecule has 0 aliphatic carbocycles. The van der Waals surface area contributed by atoms with Crippen LogP contribution in [0.5, 0.6) is 0 Å². The number of hydrogen-bond acceptors (Lipinski definition) is 2. The second-order valence-electron chi connectivity index (χ2n) is 3.96. The van der Waals surface area contributed by atoms with Gasteiger partial charge in [0.15, 0.2) is 0 Å². The van der Waals surface area contributed by atoms with Crippen molar-refractivity contribution in [3.63, 3.8) is 0 Å². The third-order valence-corrected chi connectivity index (χ3v) is 2.77. The number of nitrogens with zero attached hydrogens (tertiary/aromatic N) is 1. The quantitative estimate of drug-likeness (QED) is 0.827. The average Bonchev–Trinajstić information content (AvgIpc) is 2.40. The molecule has 0 heterocycles. The number of amides is 1. The van der Waals surface area contributed by atoms with E-state index in [1.165, 1.54) is 4.90 Å². The SMILES string of the molecule is CCc1cccc(N(C(=O)[O-])c2ccccc2)c1. The van der Waals surface area contributed by atoms with Crippen molar-refractivity contribution in [2.24, 2.45) is 0 Å². The van der Waals surface area contributed by atoms with Crippen molar-refractivity contribution >= 4 is 17.5 Å². The number of carboxylic acid groups (broad SMARTS) is 1. The van der Waals surface area contributed by atoms with Gasteiger partial charge >= 0.3 is 0 Å². The molecule has 2 aromatic carbocycles. The van der Waals surface area contributed by atoms with E-state index in [2.05, 4.69) is 0 Å². The van der Waals surface area contributed by atoms with Gasteiger partial charge in [0.1, 0.15) is 6.09 Å². The summed E-state index contributed by atoms with van der Waals surface area (Å²) in [5.41, 5.74) is 2.29. The van der Waals surface area contributed by atoms with E-state index in [9.17, 15) is 9.90 Å². The van der Waals surface area contributed by atoms with Crippen LogP contribution >= 0.6 is 0 Å². The summed E-state index contributed by atoms with van der Waals surface area (Å²) in [5.74, 6) is 0. The molecule has 3 heteroatoms. The molecule has 0 saturated carbocycles.